The second-order valence-electron chi connectivity index (χ2n) is 5.40. The van der Waals surface area contributed by atoms with Crippen LogP contribution in [0, 0.1) is 10.8 Å². The lowest BCUT2D eigenvalue weighted by atomic mass is 10.1. The van der Waals surface area contributed by atoms with Gasteiger partial charge in [-0.2, -0.15) is 0 Å². The van der Waals surface area contributed by atoms with E-state index in [-0.39, 0.29) is 27.9 Å². The molecular formula is C15H19BrN8O. The molecule has 0 amide bonds. The highest BCUT2D eigenvalue weighted by Crippen LogP contribution is 2.37. The molecule has 0 aliphatic carbocycles. The maximum Gasteiger partial charge on any atom is 0.163 e. The van der Waals surface area contributed by atoms with Gasteiger partial charge in [-0.05, 0) is 35.8 Å². The van der Waals surface area contributed by atoms with E-state index >= 15 is 0 Å². The van der Waals surface area contributed by atoms with Crippen molar-refractivity contribution in [1.29, 1.82) is 10.8 Å². The number of nitrogens with two attached hydrogens (primary N) is 3. The predicted molar refractivity (Wildman–Crippen MR) is 103 cm³/mol. The van der Waals surface area contributed by atoms with Crippen LogP contribution in [0.4, 0.5) is 23.0 Å². The van der Waals surface area contributed by atoms with Gasteiger partial charge >= 0.3 is 0 Å². The van der Waals surface area contributed by atoms with Crippen LogP contribution in [0.3, 0.4) is 0 Å². The molecule has 1 aromatic heterocycles. The van der Waals surface area contributed by atoms with Gasteiger partial charge in [-0.1, -0.05) is 0 Å². The Morgan fingerprint density at radius 2 is 2.00 bits per heavy atom. The molecule has 0 fully saturated rings. The molecule has 0 bridgehead atoms. The molecule has 10 heteroatoms. The van der Waals surface area contributed by atoms with Crippen LogP contribution in [0.25, 0.3) is 0 Å². The lowest BCUT2D eigenvalue weighted by molar-refractivity contribution is 0.243. The number of ether oxygens (including phenoxy) is 1. The summed E-state index contributed by atoms with van der Waals surface area (Å²) in [5, 5.41) is 16.6. The normalized spacial score (nSPS) is 10.6. The van der Waals surface area contributed by atoms with Crippen molar-refractivity contribution in [2.24, 2.45) is 5.84 Å². The predicted octanol–water partition coefficient (Wildman–Crippen LogP) is 2.16. The van der Waals surface area contributed by atoms with Crippen molar-refractivity contribution in [3.05, 3.63) is 29.6 Å². The van der Waals surface area contributed by atoms with E-state index in [1.54, 1.807) is 12.1 Å². The standard InChI is InChI=1S/C15H19BrN8O/c1-7(2)25-11-4-9(18)8(5-17)3-10(11)24(21)15-12(13(16)19)14(20)22-6-23-15/h3-7,17,19H,18,21H2,1-2H3,(H2,20,22,23). The SMILES string of the molecule is CC(C)Oc1cc(N)c(C=N)cc1N(N)c1ncnc(N)c1C(=N)Br. The van der Waals surface area contributed by atoms with Crippen molar-refractivity contribution < 1.29 is 4.74 Å². The van der Waals surface area contributed by atoms with Gasteiger partial charge < -0.3 is 21.6 Å². The molecule has 25 heavy (non-hydrogen) atoms. The van der Waals surface area contributed by atoms with Gasteiger partial charge in [0.05, 0.1) is 11.7 Å². The molecular weight excluding hydrogens is 388 g/mol. The van der Waals surface area contributed by atoms with E-state index < -0.39 is 0 Å². The van der Waals surface area contributed by atoms with E-state index in [2.05, 4.69) is 25.9 Å². The van der Waals surface area contributed by atoms with E-state index in [0.717, 1.165) is 6.21 Å². The van der Waals surface area contributed by atoms with Crippen LogP contribution < -0.4 is 27.1 Å². The minimum absolute atomic E-state index is 0.00917. The highest BCUT2D eigenvalue weighted by molar-refractivity contribution is 9.18. The molecule has 2 aromatic rings. The van der Waals surface area contributed by atoms with Crippen molar-refractivity contribution in [2.75, 3.05) is 16.5 Å². The lowest BCUT2D eigenvalue weighted by Crippen LogP contribution is -2.29. The van der Waals surface area contributed by atoms with Crippen molar-refractivity contribution in [1.82, 2.24) is 9.97 Å². The van der Waals surface area contributed by atoms with E-state index in [1.165, 1.54) is 11.3 Å². The van der Waals surface area contributed by atoms with Gasteiger partial charge in [0.1, 0.15) is 28.2 Å². The summed E-state index contributed by atoms with van der Waals surface area (Å²) in [6.45, 7) is 3.74. The van der Waals surface area contributed by atoms with Crippen LogP contribution in [-0.2, 0) is 0 Å². The summed E-state index contributed by atoms with van der Waals surface area (Å²) >= 11 is 3.08. The maximum atomic E-state index is 7.84. The number of anilines is 4. The summed E-state index contributed by atoms with van der Waals surface area (Å²) in [6.07, 6.45) is 2.25. The fourth-order valence-electron chi connectivity index (χ4n) is 2.16. The zero-order valence-electron chi connectivity index (χ0n) is 13.7. The molecule has 0 saturated carbocycles. The monoisotopic (exact) mass is 406 g/mol. The van der Waals surface area contributed by atoms with Gasteiger partial charge in [-0.3, -0.25) is 10.4 Å². The molecule has 0 spiro atoms. The number of benzene rings is 1. The van der Waals surface area contributed by atoms with Crippen LogP contribution in [0.5, 0.6) is 5.75 Å². The van der Waals surface area contributed by atoms with Gasteiger partial charge in [-0.15, -0.1) is 0 Å². The molecule has 0 radical (unpaired) electrons. The van der Waals surface area contributed by atoms with Crippen LogP contribution >= 0.6 is 15.9 Å². The first kappa shape index (κ1) is 18.6. The van der Waals surface area contributed by atoms with Gasteiger partial charge in [-0.25, -0.2) is 15.8 Å². The molecule has 0 aliphatic rings. The summed E-state index contributed by atoms with van der Waals surface area (Å²) in [6, 6.07) is 3.21. The number of nitrogens with one attached hydrogen (secondary N) is 2. The second-order valence-corrected chi connectivity index (χ2v) is 6.19. The minimum atomic E-state index is -0.123. The van der Waals surface area contributed by atoms with Crippen molar-refractivity contribution in [2.45, 2.75) is 20.0 Å². The Kier molecular flexibility index (Phi) is 5.55. The average Bonchev–Trinajstić information content (AvgIpc) is 2.53. The number of hydrogen-bond donors (Lipinski definition) is 5. The number of nitrogens with zero attached hydrogens (tertiary/aromatic N) is 3. The Balaban J connectivity index is 2.66. The largest absolute Gasteiger partial charge is 0.489 e. The van der Waals surface area contributed by atoms with E-state index in [0.29, 0.717) is 22.7 Å². The molecule has 8 N–H and O–H groups in total. The molecule has 9 nitrogen and oxygen atoms in total. The third-order valence-corrected chi connectivity index (χ3v) is 3.64. The number of hydrazine groups is 1. The molecule has 1 aromatic carbocycles. The summed E-state index contributed by atoms with van der Waals surface area (Å²) in [4.78, 5) is 8.01. The highest BCUT2D eigenvalue weighted by atomic mass is 79.9. The first-order chi connectivity index (χ1) is 11.8. The summed E-state index contributed by atoms with van der Waals surface area (Å²) in [7, 11) is 0. The van der Waals surface area contributed by atoms with Gasteiger partial charge in [0.2, 0.25) is 0 Å². The molecule has 1 heterocycles. The Morgan fingerprint density at radius 3 is 2.56 bits per heavy atom. The topological polar surface area (TPSA) is 164 Å². The Labute approximate surface area is 153 Å². The van der Waals surface area contributed by atoms with Crippen molar-refractivity contribution >= 4 is 49.8 Å². The number of aromatic nitrogens is 2. The summed E-state index contributed by atoms with van der Waals surface area (Å²) in [5.74, 6) is 6.99. The zero-order valence-corrected chi connectivity index (χ0v) is 15.3. The number of rotatable bonds is 6. The fraction of sp³-hybridized carbons (Fsp3) is 0.200. The maximum absolute atomic E-state index is 7.84. The van der Waals surface area contributed by atoms with E-state index in [4.69, 9.17) is 32.9 Å². The minimum Gasteiger partial charge on any atom is -0.489 e. The number of nitrogen functional groups attached to an aromatic ring is 2. The third-order valence-electron chi connectivity index (χ3n) is 3.25. The average molecular weight is 407 g/mol. The Hall–Kier alpha value is -2.72. The molecule has 0 atom stereocenters. The fourth-order valence-corrected chi connectivity index (χ4v) is 2.54. The van der Waals surface area contributed by atoms with Gasteiger partial charge in [0, 0.05) is 23.5 Å². The van der Waals surface area contributed by atoms with Gasteiger partial charge in [0.25, 0.3) is 0 Å². The number of hydrogen-bond acceptors (Lipinski definition) is 9. The molecule has 2 rings (SSSR count). The highest BCUT2D eigenvalue weighted by Gasteiger charge is 2.22. The van der Waals surface area contributed by atoms with Crippen LogP contribution in [0.2, 0.25) is 0 Å². The van der Waals surface area contributed by atoms with Crippen molar-refractivity contribution in [3.63, 3.8) is 0 Å². The Morgan fingerprint density at radius 1 is 1.32 bits per heavy atom. The van der Waals surface area contributed by atoms with Crippen molar-refractivity contribution in [3.8, 4) is 5.75 Å². The summed E-state index contributed by atoms with van der Waals surface area (Å²) < 4.78 is 5.77. The van der Waals surface area contributed by atoms with Crippen LogP contribution in [0.15, 0.2) is 18.5 Å². The quantitative estimate of drug-likeness (QED) is 0.212. The second kappa shape index (κ2) is 7.45. The lowest BCUT2D eigenvalue weighted by Gasteiger charge is -2.24. The van der Waals surface area contributed by atoms with Crippen LogP contribution in [0.1, 0.15) is 25.0 Å². The first-order valence-corrected chi connectivity index (χ1v) is 8.05. The van der Waals surface area contributed by atoms with E-state index in [1.807, 2.05) is 13.8 Å². The van der Waals surface area contributed by atoms with Gasteiger partial charge in [0.15, 0.2) is 5.82 Å². The smallest absolute Gasteiger partial charge is 0.163 e. The summed E-state index contributed by atoms with van der Waals surface area (Å²) in [5.41, 5.74) is 13.3. The molecule has 0 unspecified atom stereocenters. The molecule has 132 valence electrons. The molecule has 0 aliphatic heterocycles. The van der Waals surface area contributed by atoms with E-state index in [9.17, 15) is 0 Å². The van der Waals surface area contributed by atoms with Crippen LogP contribution in [-0.4, -0.2) is 26.9 Å². The third kappa shape index (κ3) is 3.86. The molecule has 0 saturated heterocycles. The first-order valence-electron chi connectivity index (χ1n) is 7.26. The number of halogens is 1. The Bertz CT molecular complexity index is 823. The zero-order chi connectivity index (χ0) is 18.7.